The highest BCUT2D eigenvalue weighted by Gasteiger charge is 2.12. The van der Waals surface area contributed by atoms with Crippen molar-refractivity contribution in [1.29, 1.82) is 0 Å². The van der Waals surface area contributed by atoms with Crippen molar-refractivity contribution in [2.24, 2.45) is 0 Å². The predicted molar refractivity (Wildman–Crippen MR) is 122 cm³/mol. The Labute approximate surface area is 193 Å². The van der Waals surface area contributed by atoms with Gasteiger partial charge in [0, 0.05) is 34.3 Å². The van der Waals surface area contributed by atoms with E-state index in [1.54, 1.807) is 43.3 Å². The average Bonchev–Trinajstić information content (AvgIpc) is 2.73. The van der Waals surface area contributed by atoms with Gasteiger partial charge in [-0.15, -0.1) is 0 Å². The molecule has 2 aromatic rings. The molecule has 164 valence electrons. The number of benzene rings is 2. The van der Waals surface area contributed by atoms with Crippen LogP contribution in [0.3, 0.4) is 0 Å². The van der Waals surface area contributed by atoms with Crippen molar-refractivity contribution in [2.75, 3.05) is 17.2 Å². The van der Waals surface area contributed by atoms with Crippen LogP contribution in [0.1, 0.15) is 42.1 Å². The van der Waals surface area contributed by atoms with Gasteiger partial charge in [0.05, 0.1) is 5.02 Å². The molecule has 0 unspecified atom stereocenters. The Kier molecular flexibility index (Phi) is 9.21. The molecule has 0 aliphatic heterocycles. The lowest BCUT2D eigenvalue weighted by molar-refractivity contribution is -0.147. The highest BCUT2D eigenvalue weighted by Crippen LogP contribution is 2.30. The topological polar surface area (TPSA) is 102 Å². The van der Waals surface area contributed by atoms with Crippen LogP contribution in [-0.4, -0.2) is 30.2 Å². The molecule has 0 aliphatic rings. The van der Waals surface area contributed by atoms with Crippen molar-refractivity contribution in [3.63, 3.8) is 0 Å². The summed E-state index contributed by atoms with van der Waals surface area (Å²) in [7, 11) is 0. The molecular weight excluding hydrogens is 488 g/mol. The largest absolute Gasteiger partial charge is 0.456 e. The molecule has 9 heteroatoms. The van der Waals surface area contributed by atoms with E-state index in [0.29, 0.717) is 32.0 Å². The quantitative estimate of drug-likeness (QED) is 0.370. The third-order valence-corrected chi connectivity index (χ3v) is 5.69. The molecule has 2 N–H and O–H groups in total. The van der Waals surface area contributed by atoms with E-state index in [1.807, 2.05) is 0 Å². The lowest BCUT2D eigenvalue weighted by Gasteiger charge is -2.11. The van der Waals surface area contributed by atoms with Crippen molar-refractivity contribution >= 4 is 62.5 Å². The van der Waals surface area contributed by atoms with Gasteiger partial charge in [-0.3, -0.25) is 19.2 Å². The number of hydrogen-bond donors (Lipinski definition) is 2. The third-order valence-electron chi connectivity index (χ3n) is 4.32. The maximum Gasteiger partial charge on any atom is 0.306 e. The van der Waals surface area contributed by atoms with Crippen molar-refractivity contribution in [1.82, 2.24) is 0 Å². The summed E-state index contributed by atoms with van der Waals surface area (Å²) in [6.07, 6.45) is 0.361. The number of halogens is 2. The second-order valence-corrected chi connectivity index (χ2v) is 8.01. The lowest BCUT2D eigenvalue weighted by atomic mass is 10.1. The summed E-state index contributed by atoms with van der Waals surface area (Å²) in [4.78, 5) is 47.2. The van der Waals surface area contributed by atoms with Crippen LogP contribution in [0.4, 0.5) is 11.4 Å². The van der Waals surface area contributed by atoms with Crippen LogP contribution >= 0.6 is 27.5 Å². The van der Waals surface area contributed by atoms with Crippen LogP contribution < -0.4 is 10.6 Å². The van der Waals surface area contributed by atoms with E-state index in [9.17, 15) is 19.2 Å². The molecule has 0 saturated carbocycles. The number of ketones is 1. The fourth-order valence-corrected chi connectivity index (χ4v) is 3.22. The van der Waals surface area contributed by atoms with E-state index in [2.05, 4.69) is 26.6 Å². The lowest BCUT2D eigenvalue weighted by Crippen LogP contribution is -2.21. The summed E-state index contributed by atoms with van der Waals surface area (Å²) in [6, 6.07) is 10.0. The number of Topliss-reactive ketones (excluding diaryl/α,β-unsaturated/α-hetero) is 1. The zero-order valence-corrected chi connectivity index (χ0v) is 19.4. The van der Waals surface area contributed by atoms with Crippen LogP contribution in [0.15, 0.2) is 40.9 Å². The van der Waals surface area contributed by atoms with Crippen molar-refractivity contribution in [3.8, 4) is 0 Å². The molecule has 7 nitrogen and oxygen atoms in total. The van der Waals surface area contributed by atoms with Gasteiger partial charge in [-0.05, 0) is 66.0 Å². The number of carbonyl (C=O) groups excluding carboxylic acids is 4. The van der Waals surface area contributed by atoms with Crippen LogP contribution in [0.2, 0.25) is 5.02 Å². The number of anilines is 2. The molecule has 0 fully saturated rings. The highest BCUT2D eigenvalue weighted by molar-refractivity contribution is 9.10. The van der Waals surface area contributed by atoms with Gasteiger partial charge in [0.25, 0.3) is 5.91 Å². The number of carbonyl (C=O) groups is 4. The second-order valence-electron chi connectivity index (χ2n) is 6.78. The molecule has 0 spiro atoms. The Morgan fingerprint density at radius 2 is 1.77 bits per heavy atom. The Morgan fingerprint density at radius 1 is 1.03 bits per heavy atom. The number of amides is 2. The molecule has 2 rings (SSSR count). The molecule has 0 aliphatic carbocycles. The molecule has 0 aromatic heterocycles. The minimum atomic E-state index is -0.577. The molecular formula is C22H22BrClN2O5. The summed E-state index contributed by atoms with van der Waals surface area (Å²) in [5.41, 5.74) is 2.23. The number of hydrogen-bond acceptors (Lipinski definition) is 5. The number of esters is 1. The highest BCUT2D eigenvalue weighted by atomic mass is 79.9. The Morgan fingerprint density at radius 3 is 2.48 bits per heavy atom. The molecule has 0 saturated heterocycles. The molecule has 0 atom stereocenters. The van der Waals surface area contributed by atoms with Gasteiger partial charge >= 0.3 is 5.97 Å². The van der Waals surface area contributed by atoms with E-state index in [1.165, 1.54) is 6.92 Å². The van der Waals surface area contributed by atoms with Gasteiger partial charge in [-0.25, -0.2) is 0 Å². The SMILES string of the molecule is CC(=O)c1cccc(NC(=O)CCCC(=O)OCC(=O)Nc2ccc(Br)c(Cl)c2C)c1. The Balaban J connectivity index is 1.70. The summed E-state index contributed by atoms with van der Waals surface area (Å²) in [5, 5.41) is 5.81. The normalized spacial score (nSPS) is 10.3. The van der Waals surface area contributed by atoms with E-state index < -0.39 is 18.5 Å². The van der Waals surface area contributed by atoms with E-state index in [4.69, 9.17) is 16.3 Å². The first kappa shape index (κ1) is 24.6. The zero-order chi connectivity index (χ0) is 23.0. The molecule has 0 radical (unpaired) electrons. The van der Waals surface area contributed by atoms with Gasteiger partial charge in [0.2, 0.25) is 5.91 Å². The maximum atomic E-state index is 12.0. The predicted octanol–water partition coefficient (Wildman–Crippen LogP) is 4.90. The van der Waals surface area contributed by atoms with Gasteiger partial charge in [-0.2, -0.15) is 0 Å². The van der Waals surface area contributed by atoms with Gasteiger partial charge in [0.1, 0.15) is 0 Å². The van der Waals surface area contributed by atoms with Gasteiger partial charge < -0.3 is 15.4 Å². The monoisotopic (exact) mass is 508 g/mol. The number of nitrogens with one attached hydrogen (secondary N) is 2. The summed E-state index contributed by atoms with van der Waals surface area (Å²) in [5.74, 6) is -1.44. The fourth-order valence-electron chi connectivity index (χ4n) is 2.62. The molecule has 0 bridgehead atoms. The van der Waals surface area contributed by atoms with Gasteiger partial charge in [0.15, 0.2) is 12.4 Å². The summed E-state index contributed by atoms with van der Waals surface area (Å²) < 4.78 is 5.66. The standard InChI is InChI=1S/C22H22BrClN2O5/c1-13-18(10-9-17(23)22(13)24)26-20(29)12-31-21(30)8-4-7-19(28)25-16-6-3-5-15(11-16)14(2)27/h3,5-6,9-11H,4,7-8,12H2,1-2H3,(H,25,28)(H,26,29). The van der Waals surface area contributed by atoms with Crippen LogP contribution in [0.25, 0.3) is 0 Å². The van der Waals surface area contributed by atoms with Crippen LogP contribution in [-0.2, 0) is 19.1 Å². The molecule has 0 heterocycles. The minimum Gasteiger partial charge on any atom is -0.456 e. The fraction of sp³-hybridized carbons (Fsp3) is 0.273. The molecule has 2 aromatic carbocycles. The first-order valence-electron chi connectivity index (χ1n) is 9.48. The minimum absolute atomic E-state index is 0.00265. The van der Waals surface area contributed by atoms with E-state index >= 15 is 0 Å². The Hall–Kier alpha value is -2.71. The summed E-state index contributed by atoms with van der Waals surface area (Å²) in [6.45, 7) is 2.77. The van der Waals surface area contributed by atoms with Crippen LogP contribution in [0, 0.1) is 6.92 Å². The van der Waals surface area contributed by atoms with Crippen LogP contribution in [0.5, 0.6) is 0 Å². The van der Waals surface area contributed by atoms with Crippen molar-refractivity contribution in [2.45, 2.75) is 33.1 Å². The zero-order valence-electron chi connectivity index (χ0n) is 17.1. The average molecular weight is 510 g/mol. The smallest absolute Gasteiger partial charge is 0.306 e. The van der Waals surface area contributed by atoms with E-state index in [-0.39, 0.29) is 31.0 Å². The molecule has 2 amide bonds. The van der Waals surface area contributed by atoms with E-state index in [0.717, 1.165) is 0 Å². The van der Waals surface area contributed by atoms with Crippen molar-refractivity contribution < 1.29 is 23.9 Å². The maximum absolute atomic E-state index is 12.0. The first-order chi connectivity index (χ1) is 14.7. The van der Waals surface area contributed by atoms with Gasteiger partial charge in [-0.1, -0.05) is 23.7 Å². The van der Waals surface area contributed by atoms with Crippen molar-refractivity contribution in [3.05, 3.63) is 57.0 Å². The number of rotatable bonds is 9. The third kappa shape index (κ3) is 7.80. The molecule has 31 heavy (non-hydrogen) atoms. The second kappa shape index (κ2) is 11.6. The summed E-state index contributed by atoms with van der Waals surface area (Å²) >= 11 is 9.42. The Bertz CT molecular complexity index is 1010. The number of ether oxygens (including phenoxy) is 1. The first-order valence-corrected chi connectivity index (χ1v) is 10.7.